The second kappa shape index (κ2) is 5.96. The number of aromatic amines is 1. The minimum Gasteiger partial charge on any atom is -0.486 e. The van der Waals surface area contributed by atoms with Gasteiger partial charge in [0, 0.05) is 35.1 Å². The lowest BCUT2D eigenvalue weighted by Gasteiger charge is -2.20. The van der Waals surface area contributed by atoms with Crippen LogP contribution in [-0.2, 0) is 0 Å². The molecule has 0 fully saturated rings. The fourth-order valence-corrected chi connectivity index (χ4v) is 2.95. The largest absolute Gasteiger partial charge is 0.486 e. The predicted molar refractivity (Wildman–Crippen MR) is 86.2 cm³/mol. The van der Waals surface area contributed by atoms with Crippen molar-refractivity contribution in [2.75, 3.05) is 0 Å². The molecule has 3 nitrogen and oxygen atoms in total. The van der Waals surface area contributed by atoms with Crippen LogP contribution in [-0.4, -0.2) is 9.97 Å². The van der Waals surface area contributed by atoms with E-state index in [0.29, 0.717) is 10.0 Å². The van der Waals surface area contributed by atoms with Crippen LogP contribution in [0.4, 0.5) is 0 Å². The third-order valence-electron chi connectivity index (χ3n) is 3.39. The first kappa shape index (κ1) is 14.2. The highest BCUT2D eigenvalue weighted by atomic mass is 35.5. The van der Waals surface area contributed by atoms with E-state index >= 15 is 0 Å². The summed E-state index contributed by atoms with van der Waals surface area (Å²) < 4.78 is 6.08. The molecule has 1 atom stereocenters. The number of hydrogen-bond donors (Lipinski definition) is 1. The third kappa shape index (κ3) is 2.85. The fraction of sp³-hybridized carbons (Fsp3) is 0.188. The number of pyridine rings is 1. The van der Waals surface area contributed by atoms with Gasteiger partial charge >= 0.3 is 0 Å². The molecule has 2 aromatic heterocycles. The van der Waals surface area contributed by atoms with Gasteiger partial charge in [0.25, 0.3) is 0 Å². The molecule has 0 saturated heterocycles. The number of nitrogens with zero attached hydrogens (tertiary/aromatic N) is 1. The van der Waals surface area contributed by atoms with E-state index < -0.39 is 0 Å². The number of aromatic nitrogens is 2. The van der Waals surface area contributed by atoms with E-state index in [1.807, 2.05) is 37.4 Å². The summed E-state index contributed by atoms with van der Waals surface area (Å²) in [7, 11) is 0. The molecule has 3 rings (SSSR count). The summed E-state index contributed by atoms with van der Waals surface area (Å²) in [6, 6.07) is 7.94. The van der Waals surface area contributed by atoms with Crippen LogP contribution >= 0.6 is 23.2 Å². The summed E-state index contributed by atoms with van der Waals surface area (Å²) in [4.78, 5) is 7.14. The first-order valence-corrected chi connectivity index (χ1v) is 7.47. The molecule has 5 heteroatoms. The number of rotatable bonds is 4. The van der Waals surface area contributed by atoms with Gasteiger partial charge in [-0.3, -0.25) is 4.98 Å². The van der Waals surface area contributed by atoms with E-state index in [2.05, 4.69) is 9.97 Å². The van der Waals surface area contributed by atoms with Crippen LogP contribution < -0.4 is 4.74 Å². The Bertz CT molecular complexity index is 750. The minimum absolute atomic E-state index is 0.204. The van der Waals surface area contributed by atoms with Gasteiger partial charge in [-0.15, -0.1) is 0 Å². The topological polar surface area (TPSA) is 37.9 Å². The van der Waals surface area contributed by atoms with Gasteiger partial charge in [-0.1, -0.05) is 30.1 Å². The molecule has 0 aliphatic carbocycles. The first-order chi connectivity index (χ1) is 10.2. The number of hydrogen-bond acceptors (Lipinski definition) is 2. The quantitative estimate of drug-likeness (QED) is 0.698. The molecule has 1 unspecified atom stereocenters. The zero-order valence-electron chi connectivity index (χ0n) is 11.4. The molecule has 0 aliphatic heterocycles. The molecular weight excluding hydrogens is 307 g/mol. The number of ether oxygens (including phenoxy) is 1. The van der Waals surface area contributed by atoms with Gasteiger partial charge in [0.05, 0.1) is 10.0 Å². The molecule has 0 bridgehead atoms. The Morgan fingerprint density at radius 2 is 1.95 bits per heavy atom. The Morgan fingerprint density at radius 1 is 1.19 bits per heavy atom. The van der Waals surface area contributed by atoms with Crippen LogP contribution in [0.15, 0.2) is 42.9 Å². The summed E-state index contributed by atoms with van der Waals surface area (Å²) in [6.45, 7) is 2.03. The van der Waals surface area contributed by atoms with Crippen molar-refractivity contribution in [3.63, 3.8) is 0 Å². The van der Waals surface area contributed by atoms with Gasteiger partial charge in [-0.2, -0.15) is 0 Å². The standard InChI is InChI=1S/C16H14Cl2N2O/c1-2-15(16-12(17)8-19-9-13(16)18)21-11-3-4-14-10(7-11)5-6-20-14/h3-9,15,20H,2H2,1H3. The van der Waals surface area contributed by atoms with Gasteiger partial charge in [-0.05, 0) is 30.7 Å². The van der Waals surface area contributed by atoms with Crippen LogP contribution in [0.5, 0.6) is 5.75 Å². The van der Waals surface area contributed by atoms with Crippen molar-refractivity contribution in [3.8, 4) is 5.75 Å². The zero-order valence-corrected chi connectivity index (χ0v) is 12.9. The van der Waals surface area contributed by atoms with E-state index in [4.69, 9.17) is 27.9 Å². The zero-order chi connectivity index (χ0) is 14.8. The van der Waals surface area contributed by atoms with E-state index in [1.54, 1.807) is 12.4 Å². The number of nitrogens with one attached hydrogen (secondary N) is 1. The summed E-state index contributed by atoms with van der Waals surface area (Å²) >= 11 is 12.4. The summed E-state index contributed by atoms with van der Waals surface area (Å²) in [6.07, 6.45) is 5.63. The second-order valence-corrected chi connectivity index (χ2v) is 5.57. The Hall–Kier alpha value is -1.71. The number of H-pyrrole nitrogens is 1. The van der Waals surface area contributed by atoms with Crippen molar-refractivity contribution in [1.82, 2.24) is 9.97 Å². The average Bonchev–Trinajstić information content (AvgIpc) is 2.93. The molecule has 0 saturated carbocycles. The molecule has 0 radical (unpaired) electrons. The van der Waals surface area contributed by atoms with Gasteiger partial charge in [-0.25, -0.2) is 0 Å². The lowest BCUT2D eigenvalue weighted by Crippen LogP contribution is -2.08. The molecule has 108 valence electrons. The summed E-state index contributed by atoms with van der Waals surface area (Å²) in [5.74, 6) is 0.790. The normalized spacial score (nSPS) is 12.5. The van der Waals surface area contributed by atoms with Crippen LogP contribution in [0.3, 0.4) is 0 Å². The maximum absolute atomic E-state index is 6.21. The van der Waals surface area contributed by atoms with Crippen molar-refractivity contribution >= 4 is 34.1 Å². The number of fused-ring (bicyclic) bond motifs is 1. The van der Waals surface area contributed by atoms with Crippen molar-refractivity contribution in [2.45, 2.75) is 19.4 Å². The number of halogens is 2. The molecule has 21 heavy (non-hydrogen) atoms. The van der Waals surface area contributed by atoms with Crippen molar-refractivity contribution in [3.05, 3.63) is 58.5 Å². The Morgan fingerprint density at radius 3 is 2.67 bits per heavy atom. The highest BCUT2D eigenvalue weighted by Crippen LogP contribution is 2.34. The van der Waals surface area contributed by atoms with E-state index in [-0.39, 0.29) is 6.10 Å². The van der Waals surface area contributed by atoms with Crippen LogP contribution in [0, 0.1) is 0 Å². The van der Waals surface area contributed by atoms with Crippen LogP contribution in [0.25, 0.3) is 10.9 Å². The molecule has 2 heterocycles. The summed E-state index contributed by atoms with van der Waals surface area (Å²) in [5.41, 5.74) is 1.86. The molecule has 0 amide bonds. The molecule has 0 aliphatic rings. The van der Waals surface area contributed by atoms with Crippen LogP contribution in [0.2, 0.25) is 10.0 Å². The fourth-order valence-electron chi connectivity index (χ4n) is 2.34. The Balaban J connectivity index is 1.93. The van der Waals surface area contributed by atoms with E-state index in [0.717, 1.165) is 28.6 Å². The molecule has 1 N–H and O–H groups in total. The summed E-state index contributed by atoms with van der Waals surface area (Å²) in [5, 5.41) is 2.16. The van der Waals surface area contributed by atoms with E-state index in [9.17, 15) is 0 Å². The van der Waals surface area contributed by atoms with Crippen LogP contribution in [0.1, 0.15) is 25.0 Å². The predicted octanol–water partition coefficient (Wildman–Crippen LogP) is 5.40. The highest BCUT2D eigenvalue weighted by molar-refractivity contribution is 6.35. The highest BCUT2D eigenvalue weighted by Gasteiger charge is 2.19. The first-order valence-electron chi connectivity index (χ1n) is 6.71. The van der Waals surface area contributed by atoms with Gasteiger partial charge in [0.2, 0.25) is 0 Å². The Kier molecular flexibility index (Phi) is 4.04. The average molecular weight is 321 g/mol. The molecule has 0 spiro atoms. The third-order valence-corrected chi connectivity index (χ3v) is 3.99. The monoisotopic (exact) mass is 320 g/mol. The van der Waals surface area contributed by atoms with Gasteiger partial charge < -0.3 is 9.72 Å². The van der Waals surface area contributed by atoms with Gasteiger partial charge in [0.1, 0.15) is 11.9 Å². The SMILES string of the molecule is CCC(Oc1ccc2[nH]ccc2c1)c1c(Cl)cncc1Cl. The lowest BCUT2D eigenvalue weighted by molar-refractivity contribution is 0.201. The van der Waals surface area contributed by atoms with Crippen molar-refractivity contribution in [1.29, 1.82) is 0 Å². The molecule has 3 aromatic rings. The van der Waals surface area contributed by atoms with Crippen molar-refractivity contribution in [2.24, 2.45) is 0 Å². The maximum atomic E-state index is 6.21. The molecular formula is C16H14Cl2N2O. The van der Waals surface area contributed by atoms with Crippen molar-refractivity contribution < 1.29 is 4.74 Å². The number of benzene rings is 1. The second-order valence-electron chi connectivity index (χ2n) is 4.76. The van der Waals surface area contributed by atoms with E-state index in [1.165, 1.54) is 0 Å². The Labute approximate surface area is 132 Å². The van der Waals surface area contributed by atoms with Gasteiger partial charge in [0.15, 0.2) is 0 Å². The lowest BCUT2D eigenvalue weighted by atomic mass is 10.1. The molecule has 1 aromatic carbocycles. The maximum Gasteiger partial charge on any atom is 0.126 e. The minimum atomic E-state index is -0.204. The smallest absolute Gasteiger partial charge is 0.126 e.